The van der Waals surface area contributed by atoms with Crippen LogP contribution in [-0.4, -0.2) is 30.1 Å². The minimum Gasteiger partial charge on any atom is -0.372 e. The lowest BCUT2D eigenvalue weighted by Crippen LogP contribution is -2.21. The van der Waals surface area contributed by atoms with E-state index in [4.69, 9.17) is 0 Å². The average molecular weight is 354 g/mol. The number of nitrogens with one attached hydrogen (secondary N) is 1. The Balaban J connectivity index is 2.03. The number of nitrogens with zero attached hydrogens (tertiary/aromatic N) is 3. The van der Waals surface area contributed by atoms with Gasteiger partial charge in [0.15, 0.2) is 0 Å². The number of rotatable bonds is 7. The molecule has 0 spiro atoms. The number of nitro benzene ring substituents is 1. The molecule has 0 unspecified atom stereocenters. The number of hydrogen-bond acceptors (Lipinski definition) is 5. The Kier molecular flexibility index (Phi) is 6.43. The fourth-order valence-corrected chi connectivity index (χ4v) is 2.54. The molecule has 0 aromatic heterocycles. The molecule has 0 fully saturated rings. The van der Waals surface area contributed by atoms with Gasteiger partial charge in [0.2, 0.25) is 0 Å². The second-order valence-electron chi connectivity index (χ2n) is 5.72. The third-order valence-electron chi connectivity index (χ3n) is 4.07. The Bertz CT molecular complexity index is 812. The molecular weight excluding hydrogens is 332 g/mol. The molecule has 0 saturated heterocycles. The highest BCUT2D eigenvalue weighted by Gasteiger charge is 2.14. The first-order chi connectivity index (χ1) is 12.5. The van der Waals surface area contributed by atoms with Crippen LogP contribution in [-0.2, 0) is 0 Å². The standard InChI is InChI=1S/C19H22N4O3/c1-4-22(5-2)17-10-7-15(8-11-17)13-20-21-19(24)16-9-6-14(3)18(12-16)23(25)26/h6-13H,4-5H2,1-3H3,(H,21,24)/b20-13-. The Labute approximate surface area is 152 Å². The van der Waals surface area contributed by atoms with Gasteiger partial charge in [-0.15, -0.1) is 0 Å². The van der Waals surface area contributed by atoms with E-state index in [1.165, 1.54) is 18.3 Å². The van der Waals surface area contributed by atoms with E-state index in [1.54, 1.807) is 13.0 Å². The number of benzene rings is 2. The maximum Gasteiger partial charge on any atom is 0.273 e. The molecule has 2 aromatic rings. The lowest BCUT2D eigenvalue weighted by molar-refractivity contribution is -0.385. The summed E-state index contributed by atoms with van der Waals surface area (Å²) in [5, 5.41) is 14.9. The predicted octanol–water partition coefficient (Wildman–Crippen LogP) is 3.51. The molecule has 0 atom stereocenters. The monoisotopic (exact) mass is 354 g/mol. The molecule has 0 heterocycles. The summed E-state index contributed by atoms with van der Waals surface area (Å²) in [5.74, 6) is -0.496. The SMILES string of the molecule is CCN(CC)c1ccc(/C=N\NC(=O)c2ccc(C)c([N+](=O)[O-])c2)cc1. The van der Waals surface area contributed by atoms with E-state index in [-0.39, 0.29) is 11.3 Å². The summed E-state index contributed by atoms with van der Waals surface area (Å²) >= 11 is 0. The second-order valence-corrected chi connectivity index (χ2v) is 5.72. The Hall–Kier alpha value is -3.22. The summed E-state index contributed by atoms with van der Waals surface area (Å²) in [6, 6.07) is 12.2. The van der Waals surface area contributed by atoms with Gasteiger partial charge in [0, 0.05) is 36.0 Å². The van der Waals surface area contributed by atoms with Crippen molar-refractivity contribution in [2.24, 2.45) is 5.10 Å². The van der Waals surface area contributed by atoms with Crippen molar-refractivity contribution in [2.75, 3.05) is 18.0 Å². The Morgan fingerprint density at radius 1 is 1.19 bits per heavy atom. The van der Waals surface area contributed by atoms with E-state index >= 15 is 0 Å². The third-order valence-corrected chi connectivity index (χ3v) is 4.07. The zero-order valence-corrected chi connectivity index (χ0v) is 15.1. The fourth-order valence-electron chi connectivity index (χ4n) is 2.54. The van der Waals surface area contributed by atoms with Gasteiger partial charge in [0.1, 0.15) is 0 Å². The van der Waals surface area contributed by atoms with Gasteiger partial charge >= 0.3 is 0 Å². The minimum atomic E-state index is -0.507. The van der Waals surface area contributed by atoms with Crippen LogP contribution < -0.4 is 10.3 Å². The van der Waals surface area contributed by atoms with Gasteiger partial charge in [-0.2, -0.15) is 5.10 Å². The summed E-state index contributed by atoms with van der Waals surface area (Å²) in [4.78, 5) is 24.8. The number of hydrazone groups is 1. The fraction of sp³-hybridized carbons (Fsp3) is 0.263. The number of anilines is 1. The van der Waals surface area contributed by atoms with Crippen LogP contribution in [0.4, 0.5) is 11.4 Å². The molecule has 1 amide bonds. The van der Waals surface area contributed by atoms with Crippen molar-refractivity contribution >= 4 is 23.5 Å². The van der Waals surface area contributed by atoms with Crippen LogP contribution in [0.2, 0.25) is 0 Å². The van der Waals surface area contributed by atoms with Crippen LogP contribution in [0.5, 0.6) is 0 Å². The highest BCUT2D eigenvalue weighted by atomic mass is 16.6. The highest BCUT2D eigenvalue weighted by Crippen LogP contribution is 2.19. The van der Waals surface area contributed by atoms with Gasteiger partial charge in [0.25, 0.3) is 11.6 Å². The smallest absolute Gasteiger partial charge is 0.273 e. The molecule has 0 aliphatic carbocycles. The van der Waals surface area contributed by atoms with Gasteiger partial charge in [0.05, 0.1) is 11.1 Å². The first-order valence-electron chi connectivity index (χ1n) is 8.39. The molecule has 0 bridgehead atoms. The highest BCUT2D eigenvalue weighted by molar-refractivity contribution is 5.95. The molecule has 0 aliphatic rings. The lowest BCUT2D eigenvalue weighted by Gasteiger charge is -2.20. The molecule has 26 heavy (non-hydrogen) atoms. The minimum absolute atomic E-state index is 0.0892. The molecule has 2 aromatic carbocycles. The maximum atomic E-state index is 12.1. The topological polar surface area (TPSA) is 87.8 Å². The maximum absolute atomic E-state index is 12.1. The van der Waals surface area contributed by atoms with E-state index < -0.39 is 10.8 Å². The van der Waals surface area contributed by atoms with Crippen molar-refractivity contribution in [3.63, 3.8) is 0 Å². The summed E-state index contributed by atoms with van der Waals surface area (Å²) in [6.07, 6.45) is 1.53. The van der Waals surface area contributed by atoms with E-state index in [9.17, 15) is 14.9 Å². The Morgan fingerprint density at radius 2 is 1.85 bits per heavy atom. The molecule has 0 aliphatic heterocycles. The molecule has 0 saturated carbocycles. The van der Waals surface area contributed by atoms with E-state index in [1.807, 2.05) is 24.3 Å². The molecule has 1 N–H and O–H groups in total. The van der Waals surface area contributed by atoms with Crippen LogP contribution >= 0.6 is 0 Å². The first kappa shape index (κ1) is 19.1. The summed E-state index contributed by atoms with van der Waals surface area (Å²) in [6.45, 7) is 7.69. The van der Waals surface area contributed by atoms with Crippen molar-refractivity contribution in [1.82, 2.24) is 5.43 Å². The van der Waals surface area contributed by atoms with Gasteiger partial charge in [-0.3, -0.25) is 14.9 Å². The Morgan fingerprint density at radius 3 is 2.42 bits per heavy atom. The summed E-state index contributed by atoms with van der Waals surface area (Å²) in [5.41, 5.74) is 4.97. The molecule has 7 heteroatoms. The van der Waals surface area contributed by atoms with Gasteiger partial charge in [-0.05, 0) is 44.5 Å². The van der Waals surface area contributed by atoms with Gasteiger partial charge in [-0.1, -0.05) is 18.2 Å². The van der Waals surface area contributed by atoms with Crippen molar-refractivity contribution in [2.45, 2.75) is 20.8 Å². The number of carbonyl (C=O) groups excluding carboxylic acids is 1. The van der Waals surface area contributed by atoms with Crippen molar-refractivity contribution in [3.8, 4) is 0 Å². The van der Waals surface area contributed by atoms with Gasteiger partial charge < -0.3 is 4.90 Å². The molecule has 0 radical (unpaired) electrons. The average Bonchev–Trinajstić information content (AvgIpc) is 2.64. The largest absolute Gasteiger partial charge is 0.372 e. The molecule has 7 nitrogen and oxygen atoms in total. The first-order valence-corrected chi connectivity index (χ1v) is 8.39. The van der Waals surface area contributed by atoms with Crippen LogP contribution in [0.1, 0.15) is 35.3 Å². The van der Waals surface area contributed by atoms with Crippen molar-refractivity contribution in [1.29, 1.82) is 0 Å². The number of amides is 1. The molecular formula is C19H22N4O3. The van der Waals surface area contributed by atoms with E-state index in [0.29, 0.717) is 5.56 Å². The molecule has 136 valence electrons. The summed E-state index contributed by atoms with van der Waals surface area (Å²) in [7, 11) is 0. The number of hydrogen-bond donors (Lipinski definition) is 1. The normalized spacial score (nSPS) is 10.7. The predicted molar refractivity (Wildman–Crippen MR) is 103 cm³/mol. The number of carbonyl (C=O) groups is 1. The van der Waals surface area contributed by atoms with Gasteiger partial charge in [-0.25, -0.2) is 5.43 Å². The van der Waals surface area contributed by atoms with Crippen LogP contribution in [0.25, 0.3) is 0 Å². The van der Waals surface area contributed by atoms with E-state index in [0.717, 1.165) is 24.3 Å². The number of nitro groups is 1. The van der Waals surface area contributed by atoms with Crippen LogP contribution in [0, 0.1) is 17.0 Å². The van der Waals surface area contributed by atoms with Crippen molar-refractivity contribution < 1.29 is 9.72 Å². The zero-order valence-electron chi connectivity index (χ0n) is 15.1. The zero-order chi connectivity index (χ0) is 19.1. The number of aryl methyl sites for hydroxylation is 1. The van der Waals surface area contributed by atoms with E-state index in [2.05, 4.69) is 29.3 Å². The summed E-state index contributed by atoms with van der Waals surface area (Å²) < 4.78 is 0. The van der Waals surface area contributed by atoms with Crippen molar-refractivity contribution in [3.05, 3.63) is 69.3 Å². The van der Waals surface area contributed by atoms with Crippen LogP contribution in [0.3, 0.4) is 0 Å². The quantitative estimate of drug-likeness (QED) is 0.468. The third kappa shape index (κ3) is 4.66. The second kappa shape index (κ2) is 8.75. The lowest BCUT2D eigenvalue weighted by atomic mass is 10.1. The van der Waals surface area contributed by atoms with Crippen LogP contribution in [0.15, 0.2) is 47.6 Å². The molecule has 2 rings (SSSR count).